The number of aromatic amines is 1. The molecule has 2 aromatic heterocycles. The Balaban J connectivity index is 1.40. The van der Waals surface area contributed by atoms with Crippen molar-refractivity contribution in [1.82, 2.24) is 19.9 Å². The van der Waals surface area contributed by atoms with Crippen LogP contribution in [0.25, 0.3) is 11.4 Å². The summed E-state index contributed by atoms with van der Waals surface area (Å²) in [6.07, 6.45) is 5.70. The van der Waals surface area contributed by atoms with Crippen molar-refractivity contribution in [1.29, 1.82) is 0 Å². The van der Waals surface area contributed by atoms with Gasteiger partial charge in [-0.1, -0.05) is 0 Å². The number of hydrogen-bond acceptors (Lipinski definition) is 7. The molecule has 2 N–H and O–H groups in total. The number of aromatic nitrogens is 4. The number of morpholine rings is 1. The quantitative estimate of drug-likeness (QED) is 0.544. The van der Waals surface area contributed by atoms with Gasteiger partial charge in [0.25, 0.3) is 0 Å². The van der Waals surface area contributed by atoms with E-state index >= 15 is 0 Å². The smallest absolute Gasteiger partial charge is 0.161 e. The van der Waals surface area contributed by atoms with Crippen LogP contribution in [0.3, 0.4) is 0 Å². The molecule has 2 aliphatic rings. The minimum absolute atomic E-state index is 0.108. The number of nitrogens with one attached hydrogen (secondary N) is 2. The fourth-order valence-corrected chi connectivity index (χ4v) is 3.67. The van der Waals surface area contributed by atoms with E-state index in [9.17, 15) is 0 Å². The van der Waals surface area contributed by atoms with E-state index in [1.54, 1.807) is 6.20 Å². The fraction of sp³-hybridized carbons (Fsp3) is 0.381. The highest BCUT2D eigenvalue weighted by atomic mass is 32.1. The van der Waals surface area contributed by atoms with Crippen molar-refractivity contribution in [2.24, 2.45) is 0 Å². The first-order valence-corrected chi connectivity index (χ1v) is 10.4. The summed E-state index contributed by atoms with van der Waals surface area (Å²) in [4.78, 5) is 19.3. The first-order valence-electron chi connectivity index (χ1n) is 9.97. The molecule has 0 bridgehead atoms. The van der Waals surface area contributed by atoms with E-state index in [1.807, 2.05) is 6.20 Å². The molecule has 150 valence electrons. The van der Waals surface area contributed by atoms with Crippen molar-refractivity contribution >= 4 is 24.1 Å². The zero-order valence-electron chi connectivity index (χ0n) is 16.1. The molecule has 3 aromatic rings. The standard InChI is InChI=1S/C21H24N6OS/c29-21(5-6-21)17-13-19(27-9-11-28-12-10-27)26-20(25-17)15-1-3-16(4-2-15)24-14-18-22-7-8-23-18/h1-4,7-8,13,24,29H,5-6,9-12,14H2,(H,22,23). The van der Waals surface area contributed by atoms with Crippen LogP contribution in [0.1, 0.15) is 24.4 Å². The molecule has 7 nitrogen and oxygen atoms in total. The van der Waals surface area contributed by atoms with Crippen molar-refractivity contribution in [2.75, 3.05) is 36.5 Å². The Morgan fingerprint density at radius 2 is 1.93 bits per heavy atom. The number of imidazole rings is 1. The first kappa shape index (κ1) is 18.4. The maximum absolute atomic E-state index is 5.50. The van der Waals surface area contributed by atoms with E-state index in [4.69, 9.17) is 27.3 Å². The zero-order valence-corrected chi connectivity index (χ0v) is 17.0. The number of rotatable bonds is 6. The number of hydrogen-bond donors (Lipinski definition) is 3. The monoisotopic (exact) mass is 408 g/mol. The van der Waals surface area contributed by atoms with Gasteiger partial charge in [0.1, 0.15) is 11.6 Å². The molecule has 0 atom stereocenters. The average molecular weight is 409 g/mol. The second-order valence-corrected chi connectivity index (χ2v) is 8.39. The number of anilines is 2. The van der Waals surface area contributed by atoms with Crippen molar-refractivity contribution < 1.29 is 4.74 Å². The summed E-state index contributed by atoms with van der Waals surface area (Å²) in [6, 6.07) is 10.3. The SMILES string of the molecule is SC1(c2cc(N3CCOCC3)nc(-c3ccc(NCc4ncc[nH]4)cc3)n2)CC1. The van der Waals surface area contributed by atoms with Gasteiger partial charge in [0, 0.05) is 42.8 Å². The van der Waals surface area contributed by atoms with Crippen LogP contribution in [0.5, 0.6) is 0 Å². The summed E-state index contributed by atoms with van der Waals surface area (Å²) >= 11 is 4.85. The van der Waals surface area contributed by atoms with Gasteiger partial charge in [-0.15, -0.1) is 0 Å². The highest BCUT2D eigenvalue weighted by molar-refractivity contribution is 7.81. The molecule has 1 aromatic carbocycles. The van der Waals surface area contributed by atoms with Crippen LogP contribution in [-0.2, 0) is 16.0 Å². The Bertz CT molecular complexity index is 965. The fourth-order valence-electron chi connectivity index (χ4n) is 3.45. The van der Waals surface area contributed by atoms with Gasteiger partial charge in [-0.2, -0.15) is 12.6 Å². The lowest BCUT2D eigenvalue weighted by Crippen LogP contribution is -2.37. The Morgan fingerprint density at radius 3 is 2.62 bits per heavy atom. The summed E-state index contributed by atoms with van der Waals surface area (Å²) in [7, 11) is 0. The topological polar surface area (TPSA) is 79.0 Å². The molecule has 1 aliphatic carbocycles. The van der Waals surface area contributed by atoms with E-state index in [0.29, 0.717) is 6.54 Å². The van der Waals surface area contributed by atoms with Gasteiger partial charge in [-0.05, 0) is 37.1 Å². The molecular formula is C21H24N6OS. The first-order chi connectivity index (χ1) is 14.2. The normalized spacial score (nSPS) is 17.9. The number of benzene rings is 1. The predicted molar refractivity (Wildman–Crippen MR) is 116 cm³/mol. The summed E-state index contributed by atoms with van der Waals surface area (Å²) in [6.45, 7) is 3.82. The third kappa shape index (κ3) is 4.09. The third-order valence-electron chi connectivity index (χ3n) is 5.41. The molecule has 1 aliphatic heterocycles. The van der Waals surface area contributed by atoms with Gasteiger partial charge >= 0.3 is 0 Å². The number of thiol groups is 1. The van der Waals surface area contributed by atoms with E-state index in [1.165, 1.54) is 0 Å². The molecule has 2 fully saturated rings. The Labute approximate surface area is 175 Å². The summed E-state index contributed by atoms with van der Waals surface area (Å²) < 4.78 is 5.39. The van der Waals surface area contributed by atoms with Gasteiger partial charge in [-0.3, -0.25) is 0 Å². The molecule has 0 radical (unpaired) electrons. The van der Waals surface area contributed by atoms with Crippen LogP contribution in [0.15, 0.2) is 42.7 Å². The van der Waals surface area contributed by atoms with Crippen molar-refractivity contribution in [3.8, 4) is 11.4 Å². The van der Waals surface area contributed by atoms with E-state index in [0.717, 1.165) is 73.6 Å². The second kappa shape index (κ2) is 7.68. The predicted octanol–water partition coefficient (Wildman–Crippen LogP) is 3.23. The van der Waals surface area contributed by atoms with Gasteiger partial charge in [-0.25, -0.2) is 15.0 Å². The van der Waals surface area contributed by atoms with Gasteiger partial charge in [0.05, 0.1) is 30.2 Å². The lowest BCUT2D eigenvalue weighted by molar-refractivity contribution is 0.122. The molecule has 5 rings (SSSR count). The van der Waals surface area contributed by atoms with E-state index < -0.39 is 0 Å². The van der Waals surface area contributed by atoms with E-state index in [-0.39, 0.29) is 4.75 Å². The number of ether oxygens (including phenoxy) is 1. The molecule has 29 heavy (non-hydrogen) atoms. The average Bonchev–Trinajstić information content (AvgIpc) is 3.32. The minimum atomic E-state index is -0.108. The van der Waals surface area contributed by atoms with Crippen LogP contribution < -0.4 is 10.2 Å². The molecule has 0 amide bonds. The van der Waals surface area contributed by atoms with Crippen LogP contribution >= 0.6 is 12.6 Å². The van der Waals surface area contributed by atoms with Gasteiger partial charge in [0.2, 0.25) is 0 Å². The zero-order chi connectivity index (χ0) is 19.7. The van der Waals surface area contributed by atoms with Crippen LogP contribution in [0, 0.1) is 0 Å². The van der Waals surface area contributed by atoms with Gasteiger partial charge < -0.3 is 19.9 Å². The maximum Gasteiger partial charge on any atom is 0.161 e. The van der Waals surface area contributed by atoms with Gasteiger partial charge in [0.15, 0.2) is 5.82 Å². The van der Waals surface area contributed by atoms with Crippen LogP contribution in [0.2, 0.25) is 0 Å². The highest BCUT2D eigenvalue weighted by Crippen LogP contribution is 2.51. The Morgan fingerprint density at radius 1 is 1.14 bits per heavy atom. The lowest BCUT2D eigenvalue weighted by Gasteiger charge is -2.28. The molecule has 1 saturated carbocycles. The maximum atomic E-state index is 5.50. The molecule has 0 unspecified atom stereocenters. The molecule has 3 heterocycles. The van der Waals surface area contributed by atoms with E-state index in [2.05, 4.69) is 50.5 Å². The van der Waals surface area contributed by atoms with Crippen molar-refractivity contribution in [2.45, 2.75) is 24.1 Å². The molecule has 1 saturated heterocycles. The molecular weight excluding hydrogens is 384 g/mol. The summed E-state index contributed by atoms with van der Waals surface area (Å²) in [5.74, 6) is 2.62. The lowest BCUT2D eigenvalue weighted by atomic mass is 10.1. The summed E-state index contributed by atoms with van der Waals surface area (Å²) in [5, 5.41) is 3.37. The van der Waals surface area contributed by atoms with Crippen molar-refractivity contribution in [3.05, 3.63) is 54.2 Å². The second-order valence-electron chi connectivity index (χ2n) is 7.53. The van der Waals surface area contributed by atoms with Crippen LogP contribution in [0.4, 0.5) is 11.5 Å². The van der Waals surface area contributed by atoms with Crippen LogP contribution in [-0.4, -0.2) is 46.2 Å². The molecule has 8 heteroatoms. The van der Waals surface area contributed by atoms with Crippen molar-refractivity contribution in [3.63, 3.8) is 0 Å². The highest BCUT2D eigenvalue weighted by Gasteiger charge is 2.42. The number of nitrogens with zero attached hydrogens (tertiary/aromatic N) is 4. The largest absolute Gasteiger partial charge is 0.378 e. The summed E-state index contributed by atoms with van der Waals surface area (Å²) in [5.41, 5.74) is 3.05. The number of H-pyrrole nitrogens is 1. The Hall–Kier alpha value is -2.58. The third-order valence-corrected chi connectivity index (χ3v) is 6.08. The molecule has 0 spiro atoms. The minimum Gasteiger partial charge on any atom is -0.378 e. The Kier molecular flexibility index (Phi) is 4.89.